The van der Waals surface area contributed by atoms with Gasteiger partial charge in [-0.3, -0.25) is 9.59 Å². The molecule has 1 aliphatic rings. The molecule has 1 heterocycles. The third-order valence-corrected chi connectivity index (χ3v) is 3.76. The topological polar surface area (TPSA) is 52.6 Å². The third kappa shape index (κ3) is 3.75. The minimum atomic E-state index is -0.567. The average Bonchev–Trinajstić information content (AvgIpc) is 2.54. The fourth-order valence-corrected chi connectivity index (χ4v) is 2.59. The molecule has 0 unspecified atom stereocenters. The summed E-state index contributed by atoms with van der Waals surface area (Å²) < 4.78 is 10.6. The van der Waals surface area contributed by atoms with Crippen molar-refractivity contribution in [3.8, 4) is 0 Å². The van der Waals surface area contributed by atoms with Crippen LogP contribution in [0.4, 0.5) is 0 Å². The van der Waals surface area contributed by atoms with Crippen LogP contribution in [0, 0.1) is 11.8 Å². The Labute approximate surface area is 131 Å². The molecule has 0 saturated carbocycles. The van der Waals surface area contributed by atoms with Crippen molar-refractivity contribution >= 4 is 17.7 Å². The van der Waals surface area contributed by atoms with E-state index in [0.29, 0.717) is 18.8 Å². The summed E-state index contributed by atoms with van der Waals surface area (Å²) in [5, 5.41) is 0. The Balaban J connectivity index is 2.30. The first-order chi connectivity index (χ1) is 10.7. The van der Waals surface area contributed by atoms with Crippen molar-refractivity contribution in [2.75, 3.05) is 6.61 Å². The van der Waals surface area contributed by atoms with Crippen LogP contribution in [0.15, 0.2) is 36.4 Å². The Bertz CT molecular complexity index is 547. The van der Waals surface area contributed by atoms with Crippen molar-refractivity contribution in [1.82, 2.24) is 0 Å². The summed E-state index contributed by atoms with van der Waals surface area (Å²) in [6.45, 7) is 4.13. The normalized spacial score (nSPS) is 21.0. The molecule has 118 valence electrons. The van der Waals surface area contributed by atoms with E-state index in [-0.39, 0.29) is 11.9 Å². The summed E-state index contributed by atoms with van der Waals surface area (Å²) in [5.41, 5.74) is 0.791. The fraction of sp³-hybridized carbons (Fsp3) is 0.444. The SMILES string of the molecule is CCCC[C@@H]1C(=O)OC(c2ccccc2)=C[C@@H]1C(=O)OCC. The summed E-state index contributed by atoms with van der Waals surface area (Å²) in [7, 11) is 0. The zero-order valence-electron chi connectivity index (χ0n) is 13.1. The van der Waals surface area contributed by atoms with E-state index >= 15 is 0 Å². The van der Waals surface area contributed by atoms with E-state index in [1.165, 1.54) is 0 Å². The Hall–Kier alpha value is -2.10. The molecule has 0 spiro atoms. The molecular formula is C18H22O4. The number of hydrogen-bond acceptors (Lipinski definition) is 4. The largest absolute Gasteiger partial charge is 0.466 e. The van der Waals surface area contributed by atoms with Crippen LogP contribution in [0.1, 0.15) is 38.7 Å². The summed E-state index contributed by atoms with van der Waals surface area (Å²) in [6.07, 6.45) is 4.21. The minimum absolute atomic E-state index is 0.305. The second-order valence-corrected chi connectivity index (χ2v) is 5.34. The van der Waals surface area contributed by atoms with Gasteiger partial charge in [0, 0.05) is 5.56 Å². The van der Waals surface area contributed by atoms with E-state index < -0.39 is 11.8 Å². The molecule has 0 N–H and O–H groups in total. The van der Waals surface area contributed by atoms with E-state index in [1.807, 2.05) is 30.3 Å². The van der Waals surface area contributed by atoms with Gasteiger partial charge in [0.15, 0.2) is 0 Å². The molecule has 1 aromatic carbocycles. The number of benzene rings is 1. The molecule has 2 atom stereocenters. The highest BCUT2D eigenvalue weighted by Gasteiger charge is 2.38. The van der Waals surface area contributed by atoms with Crippen molar-refractivity contribution < 1.29 is 19.1 Å². The predicted octanol–water partition coefficient (Wildman–Crippen LogP) is 3.57. The summed E-state index contributed by atoms with van der Waals surface area (Å²) in [6, 6.07) is 9.34. The van der Waals surface area contributed by atoms with Gasteiger partial charge in [0.1, 0.15) is 5.76 Å². The maximum absolute atomic E-state index is 12.3. The number of unbranched alkanes of at least 4 members (excludes halogenated alkanes) is 1. The zero-order chi connectivity index (χ0) is 15.9. The first kappa shape index (κ1) is 16.3. The van der Waals surface area contributed by atoms with Gasteiger partial charge < -0.3 is 9.47 Å². The summed E-state index contributed by atoms with van der Waals surface area (Å²) in [5.74, 6) is -1.27. The first-order valence-electron chi connectivity index (χ1n) is 7.83. The molecule has 0 saturated heterocycles. The van der Waals surface area contributed by atoms with E-state index in [2.05, 4.69) is 6.92 Å². The first-order valence-corrected chi connectivity index (χ1v) is 7.83. The van der Waals surface area contributed by atoms with Crippen molar-refractivity contribution in [3.63, 3.8) is 0 Å². The fourth-order valence-electron chi connectivity index (χ4n) is 2.59. The lowest BCUT2D eigenvalue weighted by atomic mass is 9.85. The summed E-state index contributed by atoms with van der Waals surface area (Å²) >= 11 is 0. The van der Waals surface area contributed by atoms with Gasteiger partial charge in [-0.15, -0.1) is 0 Å². The van der Waals surface area contributed by atoms with Crippen LogP contribution in [0.3, 0.4) is 0 Å². The number of ether oxygens (including phenoxy) is 2. The lowest BCUT2D eigenvalue weighted by Gasteiger charge is -2.27. The third-order valence-electron chi connectivity index (χ3n) is 3.76. The van der Waals surface area contributed by atoms with Crippen LogP contribution in [-0.4, -0.2) is 18.5 Å². The van der Waals surface area contributed by atoms with Crippen molar-refractivity contribution in [3.05, 3.63) is 42.0 Å². The Morgan fingerprint density at radius 3 is 2.59 bits per heavy atom. The Morgan fingerprint density at radius 2 is 1.95 bits per heavy atom. The lowest BCUT2D eigenvalue weighted by molar-refractivity contribution is -0.156. The molecule has 0 aliphatic carbocycles. The van der Waals surface area contributed by atoms with Crippen LogP contribution in [-0.2, 0) is 19.1 Å². The highest BCUT2D eigenvalue weighted by molar-refractivity contribution is 5.90. The lowest BCUT2D eigenvalue weighted by Crippen LogP contribution is -2.34. The van der Waals surface area contributed by atoms with Gasteiger partial charge in [0.05, 0.1) is 18.4 Å². The van der Waals surface area contributed by atoms with Gasteiger partial charge in [0.2, 0.25) is 0 Å². The van der Waals surface area contributed by atoms with Crippen molar-refractivity contribution in [1.29, 1.82) is 0 Å². The van der Waals surface area contributed by atoms with E-state index in [9.17, 15) is 9.59 Å². The molecule has 0 aromatic heterocycles. The van der Waals surface area contributed by atoms with Gasteiger partial charge in [-0.2, -0.15) is 0 Å². The number of cyclic esters (lactones) is 1. The molecule has 1 aromatic rings. The Morgan fingerprint density at radius 1 is 1.23 bits per heavy atom. The number of hydrogen-bond donors (Lipinski definition) is 0. The standard InChI is InChI=1S/C18H22O4/c1-3-5-11-14-15(17(19)21-4-2)12-16(22-18(14)20)13-9-7-6-8-10-13/h6-10,12,14-15H,3-5,11H2,1-2H3/t14-,15-/m0/s1. The molecule has 22 heavy (non-hydrogen) atoms. The highest BCUT2D eigenvalue weighted by Crippen LogP contribution is 2.33. The van der Waals surface area contributed by atoms with Gasteiger partial charge in [0.25, 0.3) is 0 Å². The predicted molar refractivity (Wildman–Crippen MR) is 83.6 cm³/mol. The second-order valence-electron chi connectivity index (χ2n) is 5.34. The smallest absolute Gasteiger partial charge is 0.315 e. The summed E-state index contributed by atoms with van der Waals surface area (Å²) in [4.78, 5) is 24.6. The average molecular weight is 302 g/mol. The highest BCUT2D eigenvalue weighted by atomic mass is 16.5. The number of carbonyl (C=O) groups excluding carboxylic acids is 2. The van der Waals surface area contributed by atoms with Crippen LogP contribution >= 0.6 is 0 Å². The van der Waals surface area contributed by atoms with Gasteiger partial charge in [-0.05, 0) is 19.4 Å². The monoisotopic (exact) mass is 302 g/mol. The quantitative estimate of drug-likeness (QED) is 0.754. The molecular weight excluding hydrogens is 280 g/mol. The maximum atomic E-state index is 12.3. The molecule has 0 amide bonds. The number of rotatable bonds is 6. The van der Waals surface area contributed by atoms with Crippen LogP contribution < -0.4 is 0 Å². The Kier molecular flexibility index (Phi) is 5.75. The van der Waals surface area contributed by atoms with Crippen LogP contribution in [0.25, 0.3) is 5.76 Å². The van der Waals surface area contributed by atoms with Crippen molar-refractivity contribution in [2.24, 2.45) is 11.8 Å². The van der Waals surface area contributed by atoms with E-state index in [1.54, 1.807) is 13.0 Å². The van der Waals surface area contributed by atoms with Crippen molar-refractivity contribution in [2.45, 2.75) is 33.1 Å². The van der Waals surface area contributed by atoms with E-state index in [4.69, 9.17) is 9.47 Å². The minimum Gasteiger partial charge on any atom is -0.466 e. The van der Waals surface area contributed by atoms with Gasteiger partial charge in [-0.1, -0.05) is 50.1 Å². The van der Waals surface area contributed by atoms with Crippen LogP contribution in [0.2, 0.25) is 0 Å². The molecule has 4 heteroatoms. The molecule has 4 nitrogen and oxygen atoms in total. The number of carbonyl (C=O) groups is 2. The molecule has 0 radical (unpaired) electrons. The molecule has 2 rings (SSSR count). The maximum Gasteiger partial charge on any atom is 0.315 e. The van der Waals surface area contributed by atoms with Crippen LogP contribution in [0.5, 0.6) is 0 Å². The molecule has 1 aliphatic heterocycles. The van der Waals surface area contributed by atoms with E-state index in [0.717, 1.165) is 18.4 Å². The molecule has 0 bridgehead atoms. The molecule has 0 fully saturated rings. The zero-order valence-corrected chi connectivity index (χ0v) is 13.1. The number of esters is 2. The van der Waals surface area contributed by atoms with Gasteiger partial charge in [-0.25, -0.2) is 0 Å². The second kappa shape index (κ2) is 7.78. The van der Waals surface area contributed by atoms with Gasteiger partial charge >= 0.3 is 11.9 Å².